The number of imidazole rings is 1. The summed E-state index contributed by atoms with van der Waals surface area (Å²) in [7, 11) is 0. The molecule has 11 nitrogen and oxygen atoms in total. The van der Waals surface area contributed by atoms with Crippen molar-refractivity contribution in [3.8, 4) is 11.5 Å². The molecule has 4 heterocycles. The van der Waals surface area contributed by atoms with E-state index in [1.54, 1.807) is 12.4 Å². The van der Waals surface area contributed by atoms with Crippen molar-refractivity contribution in [2.75, 3.05) is 32.0 Å². The Morgan fingerprint density at radius 1 is 1.34 bits per heavy atom. The number of nitrogens with one attached hydrogen (secondary N) is 2. The van der Waals surface area contributed by atoms with Crippen molar-refractivity contribution in [1.82, 2.24) is 35.5 Å². The predicted molar refractivity (Wildman–Crippen MR) is 103 cm³/mol. The lowest BCUT2D eigenvalue weighted by Gasteiger charge is -2.23. The molecule has 29 heavy (non-hydrogen) atoms. The van der Waals surface area contributed by atoms with Crippen LogP contribution in [0.5, 0.6) is 0 Å². The van der Waals surface area contributed by atoms with Crippen LogP contribution in [0.1, 0.15) is 23.2 Å². The average Bonchev–Trinajstić information content (AvgIpc) is 3.35. The number of nitrogen functional groups attached to an aromatic ring is 1. The van der Waals surface area contributed by atoms with Gasteiger partial charge in [-0.25, -0.2) is 9.61 Å². The molecule has 1 aliphatic carbocycles. The molecular weight excluding hydrogens is 376 g/mol. The summed E-state index contributed by atoms with van der Waals surface area (Å²) in [6.45, 7) is 3.33. The van der Waals surface area contributed by atoms with Gasteiger partial charge in [0.2, 0.25) is 0 Å². The minimum atomic E-state index is -0.216. The van der Waals surface area contributed by atoms with Crippen LogP contribution >= 0.6 is 0 Å². The van der Waals surface area contributed by atoms with E-state index in [2.05, 4.69) is 30.9 Å². The van der Waals surface area contributed by atoms with Crippen LogP contribution in [0, 0.1) is 5.92 Å². The maximum absolute atomic E-state index is 13.0. The van der Waals surface area contributed by atoms with Crippen molar-refractivity contribution >= 4 is 22.8 Å². The minimum absolute atomic E-state index is 0.0483. The SMILES string of the molecule is Nc1nonc1-c1nc2cncc(C(=O)NCC3CNCCO3)c2n1CC1CC1. The van der Waals surface area contributed by atoms with Gasteiger partial charge in [-0.1, -0.05) is 0 Å². The number of fused-ring (bicyclic) bond motifs is 1. The first-order chi connectivity index (χ1) is 14.2. The molecule has 3 aromatic rings. The second kappa shape index (κ2) is 7.41. The van der Waals surface area contributed by atoms with Crippen LogP contribution in [0.2, 0.25) is 0 Å². The summed E-state index contributed by atoms with van der Waals surface area (Å²) in [4.78, 5) is 21.8. The van der Waals surface area contributed by atoms with Crippen molar-refractivity contribution in [2.24, 2.45) is 5.92 Å². The number of amides is 1. The van der Waals surface area contributed by atoms with E-state index in [0.717, 1.165) is 25.9 Å². The lowest BCUT2D eigenvalue weighted by atomic mass is 10.2. The number of hydrogen-bond donors (Lipinski definition) is 3. The van der Waals surface area contributed by atoms with Gasteiger partial charge in [0.05, 0.1) is 30.0 Å². The number of nitrogens with zero attached hydrogens (tertiary/aromatic N) is 5. The van der Waals surface area contributed by atoms with Crippen molar-refractivity contribution in [3.63, 3.8) is 0 Å². The van der Waals surface area contributed by atoms with Gasteiger partial charge in [-0.05, 0) is 29.1 Å². The monoisotopic (exact) mass is 398 g/mol. The summed E-state index contributed by atoms with van der Waals surface area (Å²) in [6.07, 6.45) is 5.44. The number of rotatable bonds is 6. The number of carbonyl (C=O) groups excluding carboxylic acids is 1. The van der Waals surface area contributed by atoms with Crippen molar-refractivity contribution in [1.29, 1.82) is 0 Å². The Bertz CT molecular complexity index is 1040. The van der Waals surface area contributed by atoms with E-state index in [4.69, 9.17) is 15.1 Å². The highest BCUT2D eigenvalue weighted by molar-refractivity contribution is 6.05. The molecule has 1 atom stereocenters. The van der Waals surface area contributed by atoms with E-state index in [1.807, 2.05) is 4.57 Å². The largest absolute Gasteiger partial charge is 0.379 e. The quantitative estimate of drug-likeness (QED) is 0.529. The van der Waals surface area contributed by atoms with Gasteiger partial charge >= 0.3 is 0 Å². The first-order valence-electron chi connectivity index (χ1n) is 9.74. The highest BCUT2D eigenvalue weighted by Gasteiger charge is 2.29. The molecule has 1 saturated carbocycles. The fourth-order valence-electron chi connectivity index (χ4n) is 3.58. The maximum Gasteiger partial charge on any atom is 0.255 e. The molecule has 3 aromatic heterocycles. The van der Waals surface area contributed by atoms with Crippen LogP contribution in [-0.2, 0) is 11.3 Å². The predicted octanol–water partition coefficient (Wildman–Crippen LogP) is 0.192. The van der Waals surface area contributed by atoms with E-state index < -0.39 is 0 Å². The second-order valence-electron chi connectivity index (χ2n) is 7.45. The molecule has 2 aliphatic rings. The Balaban J connectivity index is 1.51. The summed E-state index contributed by atoms with van der Waals surface area (Å²) in [5.41, 5.74) is 8.05. The molecule has 0 bridgehead atoms. The number of ether oxygens (including phenoxy) is 1. The summed E-state index contributed by atoms with van der Waals surface area (Å²) >= 11 is 0. The molecule has 1 aliphatic heterocycles. The average molecular weight is 398 g/mol. The smallest absolute Gasteiger partial charge is 0.255 e. The van der Waals surface area contributed by atoms with Gasteiger partial charge in [-0.15, -0.1) is 0 Å². The number of anilines is 1. The van der Waals surface area contributed by atoms with Crippen molar-refractivity contribution in [2.45, 2.75) is 25.5 Å². The lowest BCUT2D eigenvalue weighted by molar-refractivity contribution is 0.0287. The molecule has 11 heteroatoms. The van der Waals surface area contributed by atoms with Gasteiger partial charge < -0.3 is 25.7 Å². The van der Waals surface area contributed by atoms with E-state index in [9.17, 15) is 4.79 Å². The van der Waals surface area contributed by atoms with Gasteiger partial charge in [0.15, 0.2) is 17.3 Å². The number of hydrogen-bond acceptors (Lipinski definition) is 9. The van der Waals surface area contributed by atoms with E-state index in [-0.39, 0.29) is 17.8 Å². The molecule has 0 radical (unpaired) electrons. The Kier molecular flexibility index (Phi) is 4.60. The standard InChI is InChI=1S/C18H22N8O3/c19-16-14(24-29-25-16)17-23-13-8-21-7-12(15(13)26(17)9-10-1-2-10)18(27)22-6-11-5-20-3-4-28-11/h7-8,10-11,20H,1-6,9H2,(H2,19,25)(H,22,27). The maximum atomic E-state index is 13.0. The Morgan fingerprint density at radius 2 is 2.24 bits per heavy atom. The Morgan fingerprint density at radius 3 is 2.97 bits per heavy atom. The normalized spacial score (nSPS) is 19.5. The third kappa shape index (κ3) is 3.54. The number of aromatic nitrogens is 5. The zero-order chi connectivity index (χ0) is 19.8. The third-order valence-corrected chi connectivity index (χ3v) is 5.25. The first-order valence-corrected chi connectivity index (χ1v) is 9.74. The molecule has 1 amide bonds. The van der Waals surface area contributed by atoms with Crippen LogP contribution in [0.15, 0.2) is 17.0 Å². The molecule has 152 valence electrons. The Labute approximate surface area is 166 Å². The second-order valence-corrected chi connectivity index (χ2v) is 7.45. The number of pyridine rings is 1. The van der Waals surface area contributed by atoms with Crippen molar-refractivity contribution in [3.05, 3.63) is 18.0 Å². The molecule has 1 unspecified atom stereocenters. The zero-order valence-electron chi connectivity index (χ0n) is 15.8. The lowest BCUT2D eigenvalue weighted by Crippen LogP contribution is -2.45. The van der Waals surface area contributed by atoms with Gasteiger partial charge in [0.1, 0.15) is 5.52 Å². The topological polar surface area (TPSA) is 146 Å². The van der Waals surface area contributed by atoms with Crippen LogP contribution in [-0.4, -0.2) is 63.1 Å². The fourth-order valence-corrected chi connectivity index (χ4v) is 3.58. The molecule has 2 fully saturated rings. The third-order valence-electron chi connectivity index (χ3n) is 5.25. The zero-order valence-corrected chi connectivity index (χ0v) is 15.8. The van der Waals surface area contributed by atoms with Crippen LogP contribution < -0.4 is 16.4 Å². The highest BCUT2D eigenvalue weighted by atomic mass is 16.6. The van der Waals surface area contributed by atoms with E-state index >= 15 is 0 Å². The summed E-state index contributed by atoms with van der Waals surface area (Å²) in [5, 5.41) is 13.8. The molecule has 0 aromatic carbocycles. The van der Waals surface area contributed by atoms with Crippen molar-refractivity contribution < 1.29 is 14.2 Å². The van der Waals surface area contributed by atoms with Crippen LogP contribution in [0.3, 0.4) is 0 Å². The first kappa shape index (κ1) is 18.0. The molecule has 5 rings (SSSR count). The Hall–Kier alpha value is -3.05. The van der Waals surface area contributed by atoms with Gasteiger partial charge in [0, 0.05) is 32.4 Å². The van der Waals surface area contributed by atoms with E-state index in [1.165, 1.54) is 0 Å². The van der Waals surface area contributed by atoms with Gasteiger partial charge in [-0.2, -0.15) is 0 Å². The van der Waals surface area contributed by atoms with Gasteiger partial charge in [-0.3, -0.25) is 9.78 Å². The number of nitrogens with two attached hydrogens (primary N) is 1. The summed E-state index contributed by atoms with van der Waals surface area (Å²) < 4.78 is 12.4. The van der Waals surface area contributed by atoms with Crippen LogP contribution in [0.25, 0.3) is 22.6 Å². The van der Waals surface area contributed by atoms with E-state index in [0.29, 0.717) is 53.7 Å². The van der Waals surface area contributed by atoms with Gasteiger partial charge in [0.25, 0.3) is 5.91 Å². The summed E-state index contributed by atoms with van der Waals surface area (Å²) in [6, 6.07) is 0. The molecular formula is C18H22N8O3. The molecule has 4 N–H and O–H groups in total. The summed E-state index contributed by atoms with van der Waals surface area (Å²) in [5.74, 6) is 1.02. The number of morpholine rings is 1. The number of carbonyl (C=O) groups is 1. The highest BCUT2D eigenvalue weighted by Crippen LogP contribution is 2.35. The minimum Gasteiger partial charge on any atom is -0.379 e. The van der Waals surface area contributed by atoms with Crippen LogP contribution in [0.4, 0.5) is 5.82 Å². The molecule has 0 spiro atoms. The molecule has 1 saturated heterocycles. The fraction of sp³-hybridized carbons (Fsp3) is 0.500.